The summed E-state index contributed by atoms with van der Waals surface area (Å²) in [4.78, 5) is 25.7. The summed E-state index contributed by atoms with van der Waals surface area (Å²) in [6.45, 7) is 4.92. The Morgan fingerprint density at radius 1 is 0.964 bits per heavy atom. The van der Waals surface area contributed by atoms with Crippen LogP contribution in [-0.4, -0.2) is 38.0 Å². The Morgan fingerprint density at radius 2 is 1.64 bits per heavy atom. The van der Waals surface area contributed by atoms with Crippen LogP contribution in [-0.2, 0) is 22.6 Å². The number of ketones is 1. The first kappa shape index (κ1) is 20.2. The van der Waals surface area contributed by atoms with Crippen molar-refractivity contribution in [3.63, 3.8) is 0 Å². The van der Waals surface area contributed by atoms with Crippen LogP contribution in [0.2, 0.25) is 0 Å². The van der Waals surface area contributed by atoms with Crippen molar-refractivity contribution >= 4 is 11.7 Å². The molecule has 1 saturated heterocycles. The van der Waals surface area contributed by atoms with Crippen molar-refractivity contribution in [2.75, 3.05) is 26.3 Å². The van der Waals surface area contributed by atoms with Crippen LogP contribution in [0.4, 0.5) is 4.39 Å². The van der Waals surface area contributed by atoms with E-state index in [-0.39, 0.29) is 30.3 Å². The average Bonchev–Trinajstić information content (AvgIpc) is 2.72. The second-order valence-corrected chi connectivity index (χ2v) is 7.01. The zero-order chi connectivity index (χ0) is 19.8. The Hall–Kier alpha value is -2.57. The number of quaternary nitrogens is 1. The highest BCUT2D eigenvalue weighted by molar-refractivity contribution is 5.97. The third kappa shape index (κ3) is 5.97. The van der Waals surface area contributed by atoms with Gasteiger partial charge in [0, 0.05) is 30.5 Å². The van der Waals surface area contributed by atoms with E-state index in [0.29, 0.717) is 12.1 Å². The molecular weight excluding hydrogens is 359 g/mol. The van der Waals surface area contributed by atoms with Crippen LogP contribution in [0.1, 0.15) is 34.3 Å². The van der Waals surface area contributed by atoms with Crippen molar-refractivity contribution in [2.24, 2.45) is 0 Å². The first-order valence-electron chi connectivity index (χ1n) is 9.65. The van der Waals surface area contributed by atoms with Gasteiger partial charge < -0.3 is 15.0 Å². The molecule has 1 heterocycles. The highest BCUT2D eigenvalue weighted by Gasteiger charge is 2.16. The van der Waals surface area contributed by atoms with E-state index < -0.39 is 0 Å². The van der Waals surface area contributed by atoms with Gasteiger partial charge in [0.1, 0.15) is 25.5 Å². The lowest BCUT2D eigenvalue weighted by Crippen LogP contribution is -3.12. The van der Waals surface area contributed by atoms with E-state index in [4.69, 9.17) is 4.74 Å². The number of hydrogen-bond acceptors (Lipinski definition) is 3. The lowest BCUT2D eigenvalue weighted by Gasteiger charge is -2.24. The number of morpholine rings is 1. The molecule has 1 aliphatic rings. The summed E-state index contributed by atoms with van der Waals surface area (Å²) in [5.74, 6) is -0.706. The van der Waals surface area contributed by atoms with Crippen LogP contribution in [0.25, 0.3) is 0 Å². The van der Waals surface area contributed by atoms with E-state index in [0.717, 1.165) is 38.4 Å². The van der Waals surface area contributed by atoms with Gasteiger partial charge in [0.15, 0.2) is 5.78 Å². The lowest BCUT2D eigenvalue weighted by molar-refractivity contribution is -0.921. The van der Waals surface area contributed by atoms with Gasteiger partial charge in [-0.3, -0.25) is 9.59 Å². The SMILES string of the molecule is O=C(CCC(=O)c1ccc(F)cc1)NCc1ccccc1C[NH+]1CCOCC1. The van der Waals surface area contributed by atoms with Crippen molar-refractivity contribution in [1.82, 2.24) is 5.32 Å². The van der Waals surface area contributed by atoms with Crippen LogP contribution in [0, 0.1) is 5.82 Å². The fraction of sp³-hybridized carbons (Fsp3) is 0.364. The number of hydrogen-bond donors (Lipinski definition) is 2. The second kappa shape index (κ2) is 10.1. The van der Waals surface area contributed by atoms with Crippen LogP contribution < -0.4 is 10.2 Å². The molecule has 0 radical (unpaired) electrons. The summed E-state index contributed by atoms with van der Waals surface area (Å²) in [7, 11) is 0. The Labute approximate surface area is 164 Å². The number of amides is 1. The standard InChI is InChI=1S/C22H25FN2O3/c23-20-7-5-17(6-8-20)21(26)9-10-22(27)24-15-18-3-1-2-4-19(18)16-25-11-13-28-14-12-25/h1-8H,9-16H2,(H,24,27)/p+1. The minimum absolute atomic E-state index is 0.108. The summed E-state index contributed by atoms with van der Waals surface area (Å²) in [6.07, 6.45) is 0.226. The number of benzene rings is 2. The van der Waals surface area contributed by atoms with Gasteiger partial charge in [0.2, 0.25) is 5.91 Å². The van der Waals surface area contributed by atoms with Gasteiger partial charge in [-0.15, -0.1) is 0 Å². The molecule has 0 atom stereocenters. The zero-order valence-electron chi connectivity index (χ0n) is 15.9. The van der Waals surface area contributed by atoms with Gasteiger partial charge in [-0.2, -0.15) is 0 Å². The molecule has 0 aliphatic carbocycles. The van der Waals surface area contributed by atoms with Gasteiger partial charge in [-0.1, -0.05) is 24.3 Å². The molecule has 148 valence electrons. The third-order valence-electron chi connectivity index (χ3n) is 4.98. The van der Waals surface area contributed by atoms with Crippen LogP contribution in [0.15, 0.2) is 48.5 Å². The van der Waals surface area contributed by atoms with E-state index in [9.17, 15) is 14.0 Å². The molecule has 0 unspecified atom stereocenters. The van der Waals surface area contributed by atoms with Crippen molar-refractivity contribution in [1.29, 1.82) is 0 Å². The Balaban J connectivity index is 1.47. The fourth-order valence-electron chi connectivity index (χ4n) is 3.30. The first-order valence-corrected chi connectivity index (χ1v) is 9.65. The van der Waals surface area contributed by atoms with E-state index >= 15 is 0 Å². The summed E-state index contributed by atoms with van der Waals surface area (Å²) in [6, 6.07) is 13.5. The quantitative estimate of drug-likeness (QED) is 0.678. The lowest BCUT2D eigenvalue weighted by atomic mass is 10.1. The van der Waals surface area contributed by atoms with E-state index in [1.54, 1.807) is 0 Å². The first-order chi connectivity index (χ1) is 13.6. The smallest absolute Gasteiger partial charge is 0.220 e. The van der Waals surface area contributed by atoms with Crippen molar-refractivity contribution in [3.05, 3.63) is 71.0 Å². The molecule has 2 aromatic carbocycles. The molecule has 0 spiro atoms. The molecule has 1 fully saturated rings. The minimum Gasteiger partial charge on any atom is -0.370 e. The van der Waals surface area contributed by atoms with Gasteiger partial charge >= 0.3 is 0 Å². The molecule has 0 bridgehead atoms. The van der Waals surface area contributed by atoms with Crippen LogP contribution >= 0.6 is 0 Å². The van der Waals surface area contributed by atoms with E-state index in [1.165, 1.54) is 34.7 Å². The van der Waals surface area contributed by atoms with Crippen molar-refractivity contribution < 1.29 is 23.6 Å². The Bertz CT molecular complexity index is 802. The second-order valence-electron chi connectivity index (χ2n) is 7.01. The highest BCUT2D eigenvalue weighted by atomic mass is 19.1. The normalized spacial score (nSPS) is 14.6. The van der Waals surface area contributed by atoms with Gasteiger partial charge in [-0.05, 0) is 29.8 Å². The third-order valence-corrected chi connectivity index (χ3v) is 4.98. The number of carbonyl (C=O) groups excluding carboxylic acids is 2. The van der Waals surface area contributed by atoms with Crippen LogP contribution in [0.5, 0.6) is 0 Å². The maximum atomic E-state index is 12.9. The highest BCUT2D eigenvalue weighted by Crippen LogP contribution is 2.09. The van der Waals surface area contributed by atoms with Crippen molar-refractivity contribution in [2.45, 2.75) is 25.9 Å². The molecular formula is C22H26FN2O3+. The largest absolute Gasteiger partial charge is 0.370 e. The predicted octanol–water partition coefficient (Wildman–Crippen LogP) is 1.52. The molecule has 2 N–H and O–H groups in total. The summed E-state index contributed by atoms with van der Waals surface area (Å²) in [5.41, 5.74) is 2.75. The van der Waals surface area contributed by atoms with Gasteiger partial charge in [0.05, 0.1) is 13.2 Å². The molecule has 3 rings (SSSR count). The summed E-state index contributed by atoms with van der Waals surface area (Å²) >= 11 is 0. The van der Waals surface area contributed by atoms with Gasteiger partial charge in [-0.25, -0.2) is 4.39 Å². The number of rotatable bonds is 8. The van der Waals surface area contributed by atoms with E-state index in [1.807, 2.05) is 18.2 Å². The molecule has 28 heavy (non-hydrogen) atoms. The number of carbonyl (C=O) groups is 2. The predicted molar refractivity (Wildman–Crippen MR) is 103 cm³/mol. The zero-order valence-corrected chi connectivity index (χ0v) is 15.9. The van der Waals surface area contributed by atoms with Crippen LogP contribution in [0.3, 0.4) is 0 Å². The molecule has 6 heteroatoms. The number of ether oxygens (including phenoxy) is 1. The minimum atomic E-state index is -0.383. The number of nitrogens with one attached hydrogen (secondary N) is 2. The number of halogens is 1. The topological polar surface area (TPSA) is 59.8 Å². The molecule has 2 aromatic rings. The maximum absolute atomic E-state index is 12.9. The summed E-state index contributed by atoms with van der Waals surface area (Å²) < 4.78 is 18.3. The van der Waals surface area contributed by atoms with E-state index in [2.05, 4.69) is 11.4 Å². The Kier molecular flexibility index (Phi) is 7.28. The fourth-order valence-corrected chi connectivity index (χ4v) is 3.30. The molecule has 5 nitrogen and oxygen atoms in total. The molecule has 0 aromatic heterocycles. The molecule has 1 aliphatic heterocycles. The monoisotopic (exact) mass is 385 g/mol. The maximum Gasteiger partial charge on any atom is 0.220 e. The Morgan fingerprint density at radius 3 is 2.36 bits per heavy atom. The van der Waals surface area contributed by atoms with Gasteiger partial charge in [0.25, 0.3) is 0 Å². The molecule has 0 saturated carbocycles. The van der Waals surface area contributed by atoms with Crippen molar-refractivity contribution in [3.8, 4) is 0 Å². The average molecular weight is 385 g/mol. The summed E-state index contributed by atoms with van der Waals surface area (Å²) in [5, 5.41) is 2.91. The molecule has 1 amide bonds. The number of Topliss-reactive ketones (excluding diaryl/α,β-unsaturated/α-hetero) is 1.